The van der Waals surface area contributed by atoms with Crippen molar-refractivity contribution in [3.63, 3.8) is 0 Å². The molecule has 0 saturated carbocycles. The van der Waals surface area contributed by atoms with E-state index in [2.05, 4.69) is 6.07 Å². The molecule has 3 atom stereocenters. The Morgan fingerprint density at radius 1 is 1.03 bits per heavy atom. The number of aliphatic imine (C=N–C) groups is 1. The number of benzene rings is 2. The van der Waals surface area contributed by atoms with Crippen molar-refractivity contribution in [1.82, 2.24) is 0 Å². The lowest BCUT2D eigenvalue weighted by Gasteiger charge is -2.35. The number of allylic oxidation sites excluding steroid dienone is 2. The topological polar surface area (TPSA) is 56.5 Å². The van der Waals surface area contributed by atoms with E-state index >= 15 is 0 Å². The Balaban J connectivity index is 1.75. The van der Waals surface area contributed by atoms with Gasteiger partial charge in [0.2, 0.25) is 0 Å². The molecule has 0 spiro atoms. The van der Waals surface area contributed by atoms with Crippen LogP contribution in [0.3, 0.4) is 0 Å². The van der Waals surface area contributed by atoms with Crippen LogP contribution in [0.15, 0.2) is 64.8 Å². The lowest BCUT2D eigenvalue weighted by molar-refractivity contribution is -0.116. The van der Waals surface area contributed by atoms with Crippen LogP contribution < -0.4 is 4.90 Å². The number of carbonyl (C=O) groups is 1. The fraction of sp³-hybridized carbons (Fsp3) is 0.320. The van der Waals surface area contributed by atoms with Crippen molar-refractivity contribution in [2.45, 2.75) is 31.6 Å². The van der Waals surface area contributed by atoms with Crippen LogP contribution in [-0.4, -0.2) is 25.6 Å². The molecule has 1 unspecified atom stereocenters. The minimum absolute atomic E-state index is 0.0838. The summed E-state index contributed by atoms with van der Waals surface area (Å²) in [6.07, 6.45) is 1.13. The van der Waals surface area contributed by atoms with E-state index in [-0.39, 0.29) is 17.6 Å². The van der Waals surface area contributed by atoms with Crippen molar-refractivity contribution in [1.29, 1.82) is 5.26 Å². The quantitative estimate of drug-likeness (QED) is 0.662. The molecular formula is C25H24ClN3O. The van der Waals surface area contributed by atoms with Crippen molar-refractivity contribution in [3.05, 3.63) is 76.0 Å². The summed E-state index contributed by atoms with van der Waals surface area (Å²) in [6, 6.07) is 18.2. The number of hydrogen-bond donors (Lipinski definition) is 0. The molecule has 2 aromatic carbocycles. The minimum atomic E-state index is -0.426. The standard InChI is InChI=1S/C25H24ClN3O/c1-15-21(14-27)24(17-6-10-20(11-7-17)29(2)3)25-22(28-15)12-18(13-23(25)30)16-4-8-19(26)9-5-16/h4-11,18,21,24H,12-13H2,1-3H3/t18-,21?,24-/m0/s1. The summed E-state index contributed by atoms with van der Waals surface area (Å²) in [4.78, 5) is 20.1. The van der Waals surface area contributed by atoms with Crippen LogP contribution in [0.5, 0.6) is 0 Å². The molecule has 30 heavy (non-hydrogen) atoms. The highest BCUT2D eigenvalue weighted by molar-refractivity contribution is 6.30. The first-order chi connectivity index (χ1) is 14.4. The maximum atomic E-state index is 13.3. The average Bonchev–Trinajstić information content (AvgIpc) is 2.73. The predicted molar refractivity (Wildman–Crippen MR) is 121 cm³/mol. The maximum absolute atomic E-state index is 13.3. The van der Waals surface area contributed by atoms with Crippen LogP contribution in [0.2, 0.25) is 5.02 Å². The van der Waals surface area contributed by atoms with Gasteiger partial charge in [0.15, 0.2) is 5.78 Å². The van der Waals surface area contributed by atoms with E-state index < -0.39 is 5.92 Å². The van der Waals surface area contributed by atoms with Gasteiger partial charge < -0.3 is 4.90 Å². The molecule has 0 aromatic heterocycles. The molecule has 152 valence electrons. The Kier molecular flexibility index (Phi) is 5.49. The third-order valence-corrected chi connectivity index (χ3v) is 6.39. The van der Waals surface area contributed by atoms with E-state index in [9.17, 15) is 10.1 Å². The van der Waals surface area contributed by atoms with E-state index in [0.717, 1.165) is 33.8 Å². The summed E-state index contributed by atoms with van der Waals surface area (Å²) in [5.74, 6) is -0.516. The molecule has 0 bridgehead atoms. The van der Waals surface area contributed by atoms with Gasteiger partial charge >= 0.3 is 0 Å². The third-order valence-electron chi connectivity index (χ3n) is 6.14. The number of carbonyl (C=O) groups excluding carboxylic acids is 1. The van der Waals surface area contributed by atoms with Crippen LogP contribution in [0.4, 0.5) is 5.69 Å². The number of halogens is 1. The van der Waals surface area contributed by atoms with Crippen molar-refractivity contribution in [2.24, 2.45) is 10.9 Å². The normalized spacial score (nSPS) is 23.5. The van der Waals surface area contributed by atoms with E-state index in [4.69, 9.17) is 16.6 Å². The Hall–Kier alpha value is -2.90. The maximum Gasteiger partial charge on any atom is 0.161 e. The molecule has 2 aromatic rings. The molecule has 0 radical (unpaired) electrons. The smallest absolute Gasteiger partial charge is 0.161 e. The Morgan fingerprint density at radius 3 is 2.27 bits per heavy atom. The highest BCUT2D eigenvalue weighted by Gasteiger charge is 2.41. The van der Waals surface area contributed by atoms with Crippen LogP contribution in [0, 0.1) is 17.2 Å². The zero-order valence-electron chi connectivity index (χ0n) is 17.4. The van der Waals surface area contributed by atoms with Gasteiger partial charge in [-0.25, -0.2) is 0 Å². The fourth-order valence-corrected chi connectivity index (χ4v) is 4.66. The van der Waals surface area contributed by atoms with E-state index in [1.807, 2.05) is 74.4 Å². The van der Waals surface area contributed by atoms with Crippen LogP contribution in [0.25, 0.3) is 0 Å². The summed E-state index contributed by atoms with van der Waals surface area (Å²) in [6.45, 7) is 1.90. The summed E-state index contributed by atoms with van der Waals surface area (Å²) >= 11 is 6.03. The van der Waals surface area contributed by atoms with Crippen molar-refractivity contribution in [2.75, 3.05) is 19.0 Å². The average molecular weight is 418 g/mol. The lowest BCUT2D eigenvalue weighted by atomic mass is 9.69. The lowest BCUT2D eigenvalue weighted by Crippen LogP contribution is -2.32. The Morgan fingerprint density at radius 2 is 1.67 bits per heavy atom. The molecule has 0 saturated heterocycles. The molecule has 1 aliphatic carbocycles. The number of nitriles is 1. The summed E-state index contributed by atoms with van der Waals surface area (Å²) in [7, 11) is 3.99. The molecule has 4 nitrogen and oxygen atoms in total. The van der Waals surface area contributed by atoms with Crippen molar-refractivity contribution in [3.8, 4) is 6.07 Å². The zero-order chi connectivity index (χ0) is 21.4. The molecule has 4 rings (SSSR count). The van der Waals surface area contributed by atoms with Gasteiger partial charge in [0.25, 0.3) is 0 Å². The molecule has 0 N–H and O–H groups in total. The first-order valence-corrected chi connectivity index (χ1v) is 10.5. The summed E-state index contributed by atoms with van der Waals surface area (Å²) in [5.41, 5.74) is 5.50. The second-order valence-corrected chi connectivity index (χ2v) is 8.70. The first-order valence-electron chi connectivity index (χ1n) is 10.1. The van der Waals surface area contributed by atoms with Crippen LogP contribution in [0.1, 0.15) is 42.7 Å². The number of anilines is 1. The molecule has 0 fully saturated rings. The Labute approximate surface area is 182 Å². The van der Waals surface area contributed by atoms with E-state index in [0.29, 0.717) is 17.9 Å². The third kappa shape index (κ3) is 3.66. The predicted octanol–water partition coefficient (Wildman–Crippen LogP) is 5.50. The second kappa shape index (κ2) is 8.08. The number of ketones is 1. The molecular weight excluding hydrogens is 394 g/mol. The molecule has 2 aliphatic rings. The monoisotopic (exact) mass is 417 g/mol. The van der Waals surface area contributed by atoms with Crippen molar-refractivity contribution >= 4 is 28.8 Å². The van der Waals surface area contributed by atoms with Gasteiger partial charge in [-0.05, 0) is 54.7 Å². The van der Waals surface area contributed by atoms with Gasteiger partial charge in [0, 0.05) is 54.1 Å². The summed E-state index contributed by atoms with van der Waals surface area (Å²) in [5, 5.41) is 10.6. The number of Topliss-reactive ketones (excluding diaryl/α,β-unsaturated/α-hetero) is 1. The molecule has 1 aliphatic heterocycles. The minimum Gasteiger partial charge on any atom is -0.378 e. The van der Waals surface area contributed by atoms with Gasteiger partial charge in [-0.3, -0.25) is 9.79 Å². The Bertz CT molecular complexity index is 1070. The molecule has 0 amide bonds. The second-order valence-electron chi connectivity index (χ2n) is 8.26. The van der Waals surface area contributed by atoms with Gasteiger partial charge in [-0.15, -0.1) is 0 Å². The molecule has 5 heteroatoms. The SMILES string of the molecule is CC1=NC2=C(C(=O)C[C@@H](c3ccc(Cl)cc3)C2)[C@@H](c2ccc(N(C)C)cc2)C1C#N. The van der Waals surface area contributed by atoms with Crippen LogP contribution in [-0.2, 0) is 4.79 Å². The van der Waals surface area contributed by atoms with Gasteiger partial charge in [0.1, 0.15) is 0 Å². The van der Waals surface area contributed by atoms with Gasteiger partial charge in [-0.1, -0.05) is 35.9 Å². The van der Waals surface area contributed by atoms with Gasteiger partial charge in [-0.2, -0.15) is 5.26 Å². The number of rotatable bonds is 3. The van der Waals surface area contributed by atoms with Crippen LogP contribution >= 0.6 is 11.6 Å². The number of nitrogens with zero attached hydrogens (tertiary/aromatic N) is 3. The van der Waals surface area contributed by atoms with Gasteiger partial charge in [0.05, 0.1) is 12.0 Å². The highest BCUT2D eigenvalue weighted by Crippen LogP contribution is 2.46. The number of hydrogen-bond acceptors (Lipinski definition) is 4. The fourth-order valence-electron chi connectivity index (χ4n) is 4.54. The van der Waals surface area contributed by atoms with Crippen molar-refractivity contribution < 1.29 is 4.79 Å². The summed E-state index contributed by atoms with van der Waals surface area (Å²) < 4.78 is 0. The zero-order valence-corrected chi connectivity index (χ0v) is 18.1. The highest BCUT2D eigenvalue weighted by atomic mass is 35.5. The van der Waals surface area contributed by atoms with E-state index in [1.165, 1.54) is 0 Å². The van der Waals surface area contributed by atoms with E-state index in [1.54, 1.807) is 0 Å². The first kappa shape index (κ1) is 20.4. The molecule has 1 heterocycles. The largest absolute Gasteiger partial charge is 0.378 e.